The molecule has 0 spiro atoms. The molecule has 2 saturated heterocycles. The van der Waals surface area contributed by atoms with Gasteiger partial charge in [-0.25, -0.2) is 0 Å². The molecule has 0 N–H and O–H groups in total. The zero-order valence-electron chi connectivity index (χ0n) is 20.8. The lowest BCUT2D eigenvalue weighted by Gasteiger charge is -2.37. The highest BCUT2D eigenvalue weighted by atomic mass is 16.5. The number of carbonyl (C=O) groups is 1. The number of carbonyl (C=O) groups excluding carboxylic acids is 1. The van der Waals surface area contributed by atoms with Gasteiger partial charge in [0.2, 0.25) is 0 Å². The van der Waals surface area contributed by atoms with Gasteiger partial charge < -0.3 is 4.74 Å². The number of benzene rings is 2. The Bertz CT molecular complexity index is 894. The third-order valence-electron chi connectivity index (χ3n) is 8.13. The Hall–Kier alpha value is -1.87. The summed E-state index contributed by atoms with van der Waals surface area (Å²) in [6, 6.07) is 16.4. The van der Waals surface area contributed by atoms with Crippen molar-refractivity contribution in [2.24, 2.45) is 0 Å². The molecule has 180 valence electrons. The van der Waals surface area contributed by atoms with Crippen molar-refractivity contribution in [3.05, 3.63) is 48.0 Å². The number of likely N-dealkylation sites (N-methyl/N-ethyl adjacent to an activating group) is 1. The minimum absolute atomic E-state index is 0.0196. The number of esters is 1. The van der Waals surface area contributed by atoms with Gasteiger partial charge in [-0.3, -0.25) is 9.69 Å². The molecular weight excluding hydrogens is 406 g/mol. The highest BCUT2D eigenvalue weighted by Crippen LogP contribution is 2.43. The van der Waals surface area contributed by atoms with Crippen LogP contribution in [0, 0.1) is 0 Å². The first-order valence-corrected chi connectivity index (χ1v) is 13.6. The summed E-state index contributed by atoms with van der Waals surface area (Å²) in [5, 5.41) is 2.63. The molecule has 4 rings (SSSR count). The lowest BCUT2D eigenvalue weighted by molar-refractivity contribution is -0.150. The van der Waals surface area contributed by atoms with Crippen molar-refractivity contribution in [2.45, 2.75) is 114 Å². The molecule has 0 radical (unpaired) electrons. The lowest BCUT2D eigenvalue weighted by Crippen LogP contribution is -2.42. The fraction of sp³-hybridized carbons (Fsp3) is 0.633. The molecule has 33 heavy (non-hydrogen) atoms. The predicted octanol–water partition coefficient (Wildman–Crippen LogP) is 7.62. The first kappa shape index (κ1) is 24.3. The number of piperidine rings is 1. The topological polar surface area (TPSA) is 29.5 Å². The smallest absolute Gasteiger partial charge is 0.306 e. The van der Waals surface area contributed by atoms with Gasteiger partial charge in [0.25, 0.3) is 0 Å². The van der Waals surface area contributed by atoms with E-state index in [1.54, 1.807) is 0 Å². The molecule has 2 aromatic rings. The molecule has 2 aliphatic rings. The standard InChI is InChI=1S/C30H43NO2/c1-3-4-5-6-7-8-9-10-11-16-30(32)33-29-22-27-20-26(21-28(29)31(27)2)25-18-17-23-14-12-13-15-24(23)19-25/h12-15,17-19,26-29H,3-11,16,20-22H2,1-2H3/t26-,27-,28-,29-/m1/s1. The summed E-state index contributed by atoms with van der Waals surface area (Å²) in [7, 11) is 2.22. The van der Waals surface area contributed by atoms with Gasteiger partial charge in [-0.2, -0.15) is 0 Å². The van der Waals surface area contributed by atoms with Crippen LogP contribution in [0.5, 0.6) is 0 Å². The maximum atomic E-state index is 12.6. The van der Waals surface area contributed by atoms with Crippen LogP contribution in [-0.2, 0) is 9.53 Å². The zero-order chi connectivity index (χ0) is 23.0. The lowest BCUT2D eigenvalue weighted by atomic mass is 9.84. The molecule has 2 fully saturated rings. The van der Waals surface area contributed by atoms with Crippen molar-refractivity contribution in [3.8, 4) is 0 Å². The van der Waals surface area contributed by atoms with Gasteiger partial charge in [0, 0.05) is 24.9 Å². The third kappa shape index (κ3) is 6.38. The number of nitrogens with zero attached hydrogens (tertiary/aromatic N) is 1. The monoisotopic (exact) mass is 449 g/mol. The molecule has 3 heteroatoms. The van der Waals surface area contributed by atoms with E-state index in [9.17, 15) is 4.79 Å². The van der Waals surface area contributed by atoms with Crippen LogP contribution in [0.15, 0.2) is 42.5 Å². The fourth-order valence-corrected chi connectivity index (χ4v) is 6.09. The molecule has 2 heterocycles. The maximum Gasteiger partial charge on any atom is 0.306 e. The Kier molecular flexibility index (Phi) is 8.83. The summed E-state index contributed by atoms with van der Waals surface area (Å²) in [6.45, 7) is 2.26. The van der Waals surface area contributed by atoms with Gasteiger partial charge >= 0.3 is 5.97 Å². The van der Waals surface area contributed by atoms with E-state index in [1.165, 1.54) is 61.3 Å². The maximum absolute atomic E-state index is 12.6. The van der Waals surface area contributed by atoms with Gasteiger partial charge in [-0.1, -0.05) is 101 Å². The average molecular weight is 450 g/mol. The van der Waals surface area contributed by atoms with E-state index >= 15 is 0 Å². The summed E-state index contributed by atoms with van der Waals surface area (Å²) in [4.78, 5) is 15.0. The van der Waals surface area contributed by atoms with Gasteiger partial charge in [-0.05, 0) is 48.6 Å². The van der Waals surface area contributed by atoms with Crippen LogP contribution >= 0.6 is 0 Å². The largest absolute Gasteiger partial charge is 0.461 e. The summed E-state index contributed by atoms with van der Waals surface area (Å²) in [5.41, 5.74) is 1.44. The van der Waals surface area contributed by atoms with Crippen molar-refractivity contribution < 1.29 is 9.53 Å². The van der Waals surface area contributed by atoms with Crippen LogP contribution in [0.1, 0.15) is 102 Å². The second-order valence-electron chi connectivity index (χ2n) is 10.5. The molecule has 0 amide bonds. The first-order chi connectivity index (χ1) is 16.2. The summed E-state index contributed by atoms with van der Waals surface area (Å²) >= 11 is 0. The SMILES string of the molecule is CCCCCCCCCCCC(=O)O[C@@H]1C[C@H]2C[C@@H](c3ccc4ccccc4c3)C[C@H]1N2C. The van der Waals surface area contributed by atoms with E-state index < -0.39 is 0 Å². The van der Waals surface area contributed by atoms with Crippen molar-refractivity contribution in [1.29, 1.82) is 0 Å². The number of hydrogen-bond donors (Lipinski definition) is 0. The van der Waals surface area contributed by atoms with E-state index in [1.807, 2.05) is 0 Å². The number of unbranched alkanes of at least 4 members (excludes halogenated alkanes) is 8. The van der Waals surface area contributed by atoms with Crippen LogP contribution in [-0.4, -0.2) is 36.1 Å². The molecule has 0 aliphatic carbocycles. The van der Waals surface area contributed by atoms with E-state index in [0.29, 0.717) is 24.4 Å². The fourth-order valence-electron chi connectivity index (χ4n) is 6.09. The molecule has 2 bridgehead atoms. The quantitative estimate of drug-likeness (QED) is 0.246. The molecule has 0 unspecified atom stereocenters. The Morgan fingerprint density at radius 1 is 0.879 bits per heavy atom. The third-order valence-corrected chi connectivity index (χ3v) is 8.13. The molecule has 3 nitrogen and oxygen atoms in total. The van der Waals surface area contributed by atoms with Crippen molar-refractivity contribution in [1.82, 2.24) is 4.90 Å². The normalized spacial score (nSPS) is 24.9. The molecule has 0 saturated carbocycles. The Morgan fingerprint density at radius 3 is 2.33 bits per heavy atom. The second kappa shape index (κ2) is 12.0. The number of rotatable bonds is 12. The molecule has 2 aliphatic heterocycles. The van der Waals surface area contributed by atoms with Crippen LogP contribution in [0.25, 0.3) is 10.8 Å². The molecule has 0 aromatic heterocycles. The Labute approximate surface area is 200 Å². The molecule has 4 atom stereocenters. The first-order valence-electron chi connectivity index (χ1n) is 13.6. The van der Waals surface area contributed by atoms with E-state index in [4.69, 9.17) is 4.74 Å². The van der Waals surface area contributed by atoms with Crippen molar-refractivity contribution in [3.63, 3.8) is 0 Å². The van der Waals surface area contributed by atoms with E-state index in [2.05, 4.69) is 61.3 Å². The van der Waals surface area contributed by atoms with Crippen molar-refractivity contribution in [2.75, 3.05) is 7.05 Å². The average Bonchev–Trinajstić information content (AvgIpc) is 2.99. The van der Waals surface area contributed by atoms with Gasteiger partial charge in [0.15, 0.2) is 0 Å². The predicted molar refractivity (Wildman–Crippen MR) is 138 cm³/mol. The van der Waals surface area contributed by atoms with Gasteiger partial charge in [-0.15, -0.1) is 0 Å². The second-order valence-corrected chi connectivity index (χ2v) is 10.5. The van der Waals surface area contributed by atoms with Crippen LogP contribution in [0.2, 0.25) is 0 Å². The van der Waals surface area contributed by atoms with Gasteiger partial charge in [0.1, 0.15) is 6.10 Å². The van der Waals surface area contributed by atoms with Crippen LogP contribution < -0.4 is 0 Å². The van der Waals surface area contributed by atoms with Crippen LogP contribution in [0.4, 0.5) is 0 Å². The zero-order valence-corrected chi connectivity index (χ0v) is 20.8. The summed E-state index contributed by atoms with van der Waals surface area (Å²) < 4.78 is 6.04. The van der Waals surface area contributed by atoms with E-state index in [0.717, 1.165) is 32.1 Å². The highest BCUT2D eigenvalue weighted by Gasteiger charge is 2.46. The number of hydrogen-bond acceptors (Lipinski definition) is 3. The van der Waals surface area contributed by atoms with E-state index in [-0.39, 0.29) is 12.1 Å². The van der Waals surface area contributed by atoms with Crippen LogP contribution in [0.3, 0.4) is 0 Å². The Balaban J connectivity index is 1.21. The number of fused-ring (bicyclic) bond motifs is 3. The summed E-state index contributed by atoms with van der Waals surface area (Å²) in [5.74, 6) is 0.577. The minimum atomic E-state index is 0.0196. The number of ether oxygens (including phenoxy) is 1. The van der Waals surface area contributed by atoms with Gasteiger partial charge in [0.05, 0.1) is 0 Å². The summed E-state index contributed by atoms with van der Waals surface area (Å²) in [6.07, 6.45) is 15.4. The molecule has 2 aromatic carbocycles. The molecular formula is C30H43NO2. The van der Waals surface area contributed by atoms with Crippen molar-refractivity contribution >= 4 is 16.7 Å². The Morgan fingerprint density at radius 2 is 1.58 bits per heavy atom. The minimum Gasteiger partial charge on any atom is -0.461 e. The highest BCUT2D eigenvalue weighted by molar-refractivity contribution is 5.83.